The van der Waals surface area contributed by atoms with Crippen LogP contribution in [0.2, 0.25) is 0 Å². The van der Waals surface area contributed by atoms with Gasteiger partial charge in [-0.3, -0.25) is 4.79 Å². The van der Waals surface area contributed by atoms with Crippen molar-refractivity contribution < 1.29 is 9.21 Å². The van der Waals surface area contributed by atoms with Crippen molar-refractivity contribution in [3.63, 3.8) is 0 Å². The number of fused-ring (bicyclic) bond motifs is 1. The van der Waals surface area contributed by atoms with Gasteiger partial charge in [-0.1, -0.05) is 18.2 Å². The second-order valence-corrected chi connectivity index (χ2v) is 5.43. The van der Waals surface area contributed by atoms with Gasteiger partial charge in [-0.05, 0) is 33.3 Å². The van der Waals surface area contributed by atoms with Gasteiger partial charge in [-0.15, -0.1) is 0 Å². The maximum absolute atomic E-state index is 12.1. The van der Waals surface area contributed by atoms with Gasteiger partial charge in [0.15, 0.2) is 0 Å². The molecule has 0 bridgehead atoms. The minimum atomic E-state index is -0.225. The monoisotopic (exact) mass is 274 g/mol. The van der Waals surface area contributed by atoms with Crippen molar-refractivity contribution in [2.45, 2.75) is 33.2 Å². The molecule has 20 heavy (non-hydrogen) atoms. The first-order chi connectivity index (χ1) is 9.52. The summed E-state index contributed by atoms with van der Waals surface area (Å²) in [6.45, 7) is 6.16. The molecule has 0 aliphatic heterocycles. The normalized spacial score (nSPS) is 12.8. The van der Waals surface area contributed by atoms with Crippen LogP contribution in [0, 0.1) is 12.8 Å². The lowest BCUT2D eigenvalue weighted by atomic mass is 9.96. The van der Waals surface area contributed by atoms with E-state index in [0.29, 0.717) is 13.0 Å². The van der Waals surface area contributed by atoms with Gasteiger partial charge in [-0.25, -0.2) is 0 Å². The fourth-order valence-corrected chi connectivity index (χ4v) is 2.41. The van der Waals surface area contributed by atoms with E-state index < -0.39 is 0 Å². The molecule has 0 saturated carbocycles. The summed E-state index contributed by atoms with van der Waals surface area (Å²) in [5.41, 5.74) is 7.71. The van der Waals surface area contributed by atoms with Gasteiger partial charge in [0.1, 0.15) is 11.3 Å². The predicted octanol–water partition coefficient (Wildman–Crippen LogP) is 2.38. The Balaban J connectivity index is 2.25. The fraction of sp³-hybridized carbons (Fsp3) is 0.438. The summed E-state index contributed by atoms with van der Waals surface area (Å²) in [7, 11) is 0. The average molecular weight is 274 g/mol. The van der Waals surface area contributed by atoms with Gasteiger partial charge in [0.2, 0.25) is 5.91 Å². The van der Waals surface area contributed by atoms with E-state index in [4.69, 9.17) is 10.2 Å². The first-order valence-corrected chi connectivity index (χ1v) is 7.00. The number of hydrogen-bond acceptors (Lipinski definition) is 3. The summed E-state index contributed by atoms with van der Waals surface area (Å²) in [4.78, 5) is 12.1. The number of amides is 1. The highest BCUT2D eigenvalue weighted by molar-refractivity contribution is 5.84. The molecule has 108 valence electrons. The van der Waals surface area contributed by atoms with Gasteiger partial charge >= 0.3 is 0 Å². The number of furan rings is 1. The van der Waals surface area contributed by atoms with E-state index in [9.17, 15) is 4.79 Å². The van der Waals surface area contributed by atoms with E-state index in [1.807, 2.05) is 45.0 Å². The molecular formula is C16H22N2O2. The Bertz CT molecular complexity index is 602. The number of nitrogens with two attached hydrogens (primary N) is 1. The zero-order chi connectivity index (χ0) is 14.7. The van der Waals surface area contributed by atoms with Gasteiger partial charge in [0.25, 0.3) is 0 Å². The quantitative estimate of drug-likeness (QED) is 0.879. The van der Waals surface area contributed by atoms with Crippen molar-refractivity contribution >= 4 is 16.9 Å². The molecule has 2 aromatic rings. The number of carbonyl (C=O) groups excluding carboxylic acids is 1. The second-order valence-electron chi connectivity index (χ2n) is 5.43. The minimum absolute atomic E-state index is 0.00665. The molecule has 3 N–H and O–H groups in total. The number of para-hydroxylation sites is 1. The summed E-state index contributed by atoms with van der Waals surface area (Å²) in [6.07, 6.45) is 0.609. The minimum Gasteiger partial charge on any atom is -0.461 e. The molecule has 2 rings (SSSR count). The molecule has 1 heterocycles. The Kier molecular flexibility index (Phi) is 4.45. The highest BCUT2D eigenvalue weighted by Crippen LogP contribution is 2.27. The van der Waals surface area contributed by atoms with Crippen LogP contribution in [0.3, 0.4) is 0 Å². The van der Waals surface area contributed by atoms with Crippen molar-refractivity contribution in [3.05, 3.63) is 35.6 Å². The number of nitrogens with one attached hydrogen (secondary N) is 1. The first-order valence-electron chi connectivity index (χ1n) is 7.00. The van der Waals surface area contributed by atoms with Gasteiger partial charge < -0.3 is 15.5 Å². The van der Waals surface area contributed by atoms with Crippen LogP contribution in [-0.4, -0.2) is 18.5 Å². The van der Waals surface area contributed by atoms with Crippen molar-refractivity contribution in [2.24, 2.45) is 11.7 Å². The predicted molar refractivity (Wildman–Crippen MR) is 80.5 cm³/mol. The maximum Gasteiger partial charge on any atom is 0.224 e. The second kappa shape index (κ2) is 6.09. The SMILES string of the molecule is Cc1oc2ccccc2c1CC(CN)C(=O)NC(C)C. The number of carbonyl (C=O) groups is 1. The first kappa shape index (κ1) is 14.6. The molecule has 0 radical (unpaired) electrons. The molecule has 0 spiro atoms. The number of aryl methyl sites for hydroxylation is 1. The standard InChI is InChI=1S/C16H22N2O2/c1-10(2)18-16(19)12(9-17)8-14-11(3)20-15-7-5-4-6-13(14)15/h4-7,10,12H,8-9,17H2,1-3H3,(H,18,19). The van der Waals surface area contributed by atoms with E-state index in [2.05, 4.69) is 5.32 Å². The molecule has 4 nitrogen and oxygen atoms in total. The average Bonchev–Trinajstić information content (AvgIpc) is 2.70. The molecule has 0 fully saturated rings. The number of benzene rings is 1. The van der Waals surface area contributed by atoms with E-state index >= 15 is 0 Å². The number of hydrogen-bond donors (Lipinski definition) is 2. The van der Waals surface area contributed by atoms with Crippen LogP contribution in [0.5, 0.6) is 0 Å². The molecule has 0 saturated heterocycles. The van der Waals surface area contributed by atoms with Crippen molar-refractivity contribution in [1.82, 2.24) is 5.32 Å². The van der Waals surface area contributed by atoms with Gasteiger partial charge in [0.05, 0.1) is 5.92 Å². The largest absolute Gasteiger partial charge is 0.461 e. The summed E-state index contributed by atoms with van der Waals surface area (Å²) >= 11 is 0. The zero-order valence-corrected chi connectivity index (χ0v) is 12.3. The number of rotatable bonds is 5. The molecular weight excluding hydrogens is 252 g/mol. The van der Waals surface area contributed by atoms with E-state index in [-0.39, 0.29) is 17.9 Å². The molecule has 1 unspecified atom stereocenters. The highest BCUT2D eigenvalue weighted by atomic mass is 16.3. The summed E-state index contributed by atoms with van der Waals surface area (Å²) in [5, 5.41) is 3.99. The van der Waals surface area contributed by atoms with Crippen LogP contribution in [-0.2, 0) is 11.2 Å². The summed E-state index contributed by atoms with van der Waals surface area (Å²) < 4.78 is 5.73. The Morgan fingerprint density at radius 3 is 2.70 bits per heavy atom. The molecule has 1 aromatic carbocycles. The van der Waals surface area contributed by atoms with E-state index in [0.717, 1.165) is 22.3 Å². The van der Waals surface area contributed by atoms with Crippen LogP contribution in [0.4, 0.5) is 0 Å². The smallest absolute Gasteiger partial charge is 0.224 e. The Hall–Kier alpha value is -1.81. The molecule has 1 amide bonds. The summed E-state index contributed by atoms with van der Waals surface area (Å²) in [5.74, 6) is 0.645. The van der Waals surface area contributed by atoms with Crippen LogP contribution >= 0.6 is 0 Å². The highest BCUT2D eigenvalue weighted by Gasteiger charge is 2.21. The lowest BCUT2D eigenvalue weighted by Gasteiger charge is -2.16. The maximum atomic E-state index is 12.1. The van der Waals surface area contributed by atoms with E-state index in [1.54, 1.807) is 0 Å². The Labute approximate surface area is 119 Å². The molecule has 1 atom stereocenters. The molecule has 1 aromatic heterocycles. The van der Waals surface area contributed by atoms with Crippen LogP contribution in [0.1, 0.15) is 25.2 Å². The summed E-state index contributed by atoms with van der Waals surface area (Å²) in [6, 6.07) is 8.01. The zero-order valence-electron chi connectivity index (χ0n) is 12.3. The van der Waals surface area contributed by atoms with Crippen LogP contribution < -0.4 is 11.1 Å². The molecule has 0 aliphatic rings. The van der Waals surface area contributed by atoms with Crippen LogP contribution in [0.15, 0.2) is 28.7 Å². The third-order valence-electron chi connectivity index (χ3n) is 3.44. The third-order valence-corrected chi connectivity index (χ3v) is 3.44. The lowest BCUT2D eigenvalue weighted by molar-refractivity contribution is -0.125. The van der Waals surface area contributed by atoms with Crippen LogP contribution in [0.25, 0.3) is 11.0 Å². The molecule has 0 aliphatic carbocycles. The van der Waals surface area contributed by atoms with Crippen molar-refractivity contribution in [3.8, 4) is 0 Å². The lowest BCUT2D eigenvalue weighted by Crippen LogP contribution is -2.39. The Morgan fingerprint density at radius 1 is 1.35 bits per heavy atom. The molecule has 4 heteroatoms. The Morgan fingerprint density at radius 2 is 2.05 bits per heavy atom. The van der Waals surface area contributed by atoms with E-state index in [1.165, 1.54) is 0 Å². The van der Waals surface area contributed by atoms with Gasteiger partial charge in [-0.2, -0.15) is 0 Å². The van der Waals surface area contributed by atoms with Crippen molar-refractivity contribution in [1.29, 1.82) is 0 Å². The van der Waals surface area contributed by atoms with Crippen molar-refractivity contribution in [2.75, 3.05) is 6.54 Å². The van der Waals surface area contributed by atoms with Gasteiger partial charge in [0, 0.05) is 23.5 Å². The third kappa shape index (κ3) is 3.02. The fourth-order valence-electron chi connectivity index (χ4n) is 2.41. The topological polar surface area (TPSA) is 68.3 Å².